The Bertz CT molecular complexity index is 471. The molecule has 0 aromatic heterocycles. The molecule has 0 bridgehead atoms. The molecule has 0 aliphatic heterocycles. The fraction of sp³-hybridized carbons (Fsp3) is 0.250. The lowest BCUT2D eigenvalue weighted by Gasteiger charge is -2.10. The molecule has 0 heterocycles. The molecule has 0 aliphatic carbocycles. The van der Waals surface area contributed by atoms with E-state index in [1.165, 1.54) is 18.2 Å². The van der Waals surface area contributed by atoms with Crippen molar-refractivity contribution in [3.05, 3.63) is 45.4 Å². The second-order valence-electron chi connectivity index (χ2n) is 3.78. The average molecular weight is 307 g/mol. The molecule has 0 unspecified atom stereocenters. The Morgan fingerprint density at radius 2 is 1.88 bits per heavy atom. The van der Waals surface area contributed by atoms with E-state index < -0.39 is 17.5 Å². The monoisotopic (exact) mass is 306 g/mol. The van der Waals surface area contributed by atoms with E-state index in [9.17, 15) is 18.0 Å². The van der Waals surface area contributed by atoms with Crippen LogP contribution in [0.1, 0.15) is 29.8 Å². The summed E-state index contributed by atoms with van der Waals surface area (Å²) in [5, 5.41) is 0. The Kier molecular flexibility index (Phi) is 4.14. The fourth-order valence-electron chi connectivity index (χ4n) is 1.24. The highest BCUT2D eigenvalue weighted by atomic mass is 79.9. The van der Waals surface area contributed by atoms with Gasteiger partial charge in [0.2, 0.25) is 0 Å². The Labute approximate surface area is 105 Å². The number of allylic oxidation sites excluding steroid dienone is 2. The van der Waals surface area contributed by atoms with Crippen LogP contribution in [0.2, 0.25) is 0 Å². The van der Waals surface area contributed by atoms with E-state index >= 15 is 0 Å². The van der Waals surface area contributed by atoms with Gasteiger partial charge in [0, 0.05) is 10.0 Å². The van der Waals surface area contributed by atoms with Gasteiger partial charge in [-0.25, -0.2) is 0 Å². The summed E-state index contributed by atoms with van der Waals surface area (Å²) in [6.07, 6.45) is -3.16. The highest BCUT2D eigenvalue weighted by Gasteiger charge is 2.33. The summed E-state index contributed by atoms with van der Waals surface area (Å²) in [6, 6.07) is 3.45. The van der Waals surface area contributed by atoms with Crippen LogP contribution in [0.25, 0.3) is 0 Å². The van der Waals surface area contributed by atoms with Gasteiger partial charge in [0.15, 0.2) is 5.78 Å². The van der Waals surface area contributed by atoms with Crippen molar-refractivity contribution in [1.82, 2.24) is 0 Å². The minimum Gasteiger partial charge on any atom is -0.289 e. The van der Waals surface area contributed by atoms with Crippen LogP contribution >= 0.6 is 15.9 Å². The lowest BCUT2D eigenvalue weighted by Crippen LogP contribution is -2.08. The van der Waals surface area contributed by atoms with Crippen LogP contribution in [0, 0.1) is 0 Å². The maximum absolute atomic E-state index is 12.6. The van der Waals surface area contributed by atoms with E-state index in [-0.39, 0.29) is 10.0 Å². The Morgan fingerprint density at radius 1 is 1.29 bits per heavy atom. The second kappa shape index (κ2) is 5.04. The third-order valence-corrected chi connectivity index (χ3v) is 2.67. The van der Waals surface area contributed by atoms with Gasteiger partial charge in [-0.3, -0.25) is 4.79 Å². The van der Waals surface area contributed by atoms with E-state index in [2.05, 4.69) is 15.9 Å². The summed E-state index contributed by atoms with van der Waals surface area (Å²) in [5.41, 5.74) is -0.0706. The van der Waals surface area contributed by atoms with Crippen LogP contribution < -0.4 is 0 Å². The molecule has 1 rings (SSSR count). The number of hydrogen-bond acceptors (Lipinski definition) is 1. The highest BCUT2D eigenvalue weighted by molar-refractivity contribution is 9.10. The van der Waals surface area contributed by atoms with Gasteiger partial charge in [0.1, 0.15) is 0 Å². The summed E-state index contributed by atoms with van der Waals surface area (Å²) in [6.45, 7) is 3.42. The lowest BCUT2D eigenvalue weighted by molar-refractivity contribution is -0.138. The smallest absolute Gasteiger partial charge is 0.289 e. The Morgan fingerprint density at radius 3 is 2.35 bits per heavy atom. The van der Waals surface area contributed by atoms with E-state index in [1.54, 1.807) is 13.8 Å². The van der Waals surface area contributed by atoms with Crippen LogP contribution in [0.15, 0.2) is 34.3 Å². The van der Waals surface area contributed by atoms with Crippen LogP contribution in [-0.2, 0) is 6.18 Å². The first-order chi connectivity index (χ1) is 7.71. The van der Waals surface area contributed by atoms with Gasteiger partial charge in [-0.1, -0.05) is 21.5 Å². The van der Waals surface area contributed by atoms with Crippen molar-refractivity contribution < 1.29 is 18.0 Å². The van der Waals surface area contributed by atoms with Crippen molar-refractivity contribution in [2.45, 2.75) is 20.0 Å². The SMILES string of the molecule is CC(C)=CC(=O)c1ccc(Br)c(C(F)(F)F)c1. The molecular formula is C12H10BrF3O. The maximum atomic E-state index is 12.6. The van der Waals surface area contributed by atoms with Crippen molar-refractivity contribution in [2.75, 3.05) is 0 Å². The number of rotatable bonds is 2. The largest absolute Gasteiger partial charge is 0.417 e. The molecule has 17 heavy (non-hydrogen) atoms. The second-order valence-corrected chi connectivity index (χ2v) is 4.63. The molecule has 0 atom stereocenters. The van der Waals surface area contributed by atoms with Crippen molar-refractivity contribution in [3.8, 4) is 0 Å². The molecule has 0 amide bonds. The van der Waals surface area contributed by atoms with E-state index in [0.717, 1.165) is 11.6 Å². The molecule has 5 heteroatoms. The topological polar surface area (TPSA) is 17.1 Å². The summed E-state index contributed by atoms with van der Waals surface area (Å²) in [4.78, 5) is 11.6. The molecule has 1 aromatic carbocycles. The number of benzene rings is 1. The summed E-state index contributed by atoms with van der Waals surface area (Å²) in [7, 11) is 0. The summed E-state index contributed by atoms with van der Waals surface area (Å²) in [5.74, 6) is -0.428. The third-order valence-electron chi connectivity index (χ3n) is 1.98. The van der Waals surface area contributed by atoms with Gasteiger partial charge in [-0.2, -0.15) is 13.2 Å². The van der Waals surface area contributed by atoms with Gasteiger partial charge in [0.05, 0.1) is 5.56 Å². The van der Waals surface area contributed by atoms with Crippen molar-refractivity contribution >= 4 is 21.7 Å². The van der Waals surface area contributed by atoms with E-state index in [1.807, 2.05) is 0 Å². The molecule has 0 radical (unpaired) electrons. The van der Waals surface area contributed by atoms with E-state index in [4.69, 9.17) is 0 Å². The molecular weight excluding hydrogens is 297 g/mol. The molecule has 0 saturated carbocycles. The predicted octanol–water partition coefficient (Wildman–Crippen LogP) is 4.62. The number of carbonyl (C=O) groups is 1. The van der Waals surface area contributed by atoms with Gasteiger partial charge in [0.25, 0.3) is 0 Å². The minimum atomic E-state index is -4.47. The molecule has 0 spiro atoms. The summed E-state index contributed by atoms with van der Waals surface area (Å²) < 4.78 is 37.7. The van der Waals surface area contributed by atoms with Gasteiger partial charge < -0.3 is 0 Å². The van der Waals surface area contributed by atoms with Crippen LogP contribution in [0.5, 0.6) is 0 Å². The van der Waals surface area contributed by atoms with Crippen LogP contribution in [0.3, 0.4) is 0 Å². The molecule has 1 aromatic rings. The normalized spacial score (nSPS) is 11.2. The van der Waals surface area contributed by atoms with E-state index in [0.29, 0.717) is 0 Å². The number of carbonyl (C=O) groups excluding carboxylic acids is 1. The number of halogens is 4. The molecule has 0 aliphatic rings. The Hall–Kier alpha value is -1.10. The van der Waals surface area contributed by atoms with Gasteiger partial charge >= 0.3 is 6.18 Å². The first kappa shape index (κ1) is 14.0. The minimum absolute atomic E-state index is 0.0294. The number of alkyl halides is 3. The first-order valence-corrected chi connectivity index (χ1v) is 5.57. The van der Waals surface area contributed by atoms with Crippen LogP contribution in [-0.4, -0.2) is 5.78 Å². The fourth-order valence-corrected chi connectivity index (χ4v) is 1.71. The Balaban J connectivity index is 3.23. The summed E-state index contributed by atoms with van der Waals surface area (Å²) >= 11 is 2.82. The zero-order valence-electron chi connectivity index (χ0n) is 9.23. The molecule has 0 N–H and O–H groups in total. The molecule has 1 nitrogen and oxygen atoms in total. The van der Waals surface area contributed by atoms with Crippen molar-refractivity contribution in [1.29, 1.82) is 0 Å². The third kappa shape index (κ3) is 3.70. The molecule has 92 valence electrons. The first-order valence-electron chi connectivity index (χ1n) is 4.78. The van der Waals surface area contributed by atoms with Gasteiger partial charge in [-0.15, -0.1) is 0 Å². The van der Waals surface area contributed by atoms with Crippen molar-refractivity contribution in [2.24, 2.45) is 0 Å². The quantitative estimate of drug-likeness (QED) is 0.576. The predicted molar refractivity (Wildman–Crippen MR) is 62.9 cm³/mol. The zero-order valence-corrected chi connectivity index (χ0v) is 10.8. The number of ketones is 1. The highest BCUT2D eigenvalue weighted by Crippen LogP contribution is 2.35. The standard InChI is InChI=1S/C12H10BrF3O/c1-7(2)5-11(17)8-3-4-10(13)9(6-8)12(14,15)16/h3-6H,1-2H3. The maximum Gasteiger partial charge on any atom is 0.417 e. The molecule has 0 saturated heterocycles. The average Bonchev–Trinajstić information content (AvgIpc) is 2.15. The van der Waals surface area contributed by atoms with Crippen molar-refractivity contribution in [3.63, 3.8) is 0 Å². The molecule has 0 fully saturated rings. The van der Waals surface area contributed by atoms with Crippen LogP contribution in [0.4, 0.5) is 13.2 Å². The zero-order chi connectivity index (χ0) is 13.2. The number of hydrogen-bond donors (Lipinski definition) is 0. The lowest BCUT2D eigenvalue weighted by atomic mass is 10.1. The van der Waals surface area contributed by atoms with Gasteiger partial charge in [-0.05, 0) is 38.1 Å².